The van der Waals surface area contributed by atoms with E-state index in [1.165, 1.54) is 13.2 Å². The van der Waals surface area contributed by atoms with E-state index in [1.807, 2.05) is 0 Å². The highest BCUT2D eigenvalue weighted by Crippen LogP contribution is 2.35. The third-order valence-electron chi connectivity index (χ3n) is 2.48. The summed E-state index contributed by atoms with van der Waals surface area (Å²) < 4.78 is 9.97. The number of carbonyl (C=O) groups excluding carboxylic acids is 1. The number of nitrogens with two attached hydrogens (primary N) is 2. The Morgan fingerprint density at radius 3 is 2.61 bits per heavy atom. The molecule has 98 valence electrons. The smallest absolute Gasteiger partial charge is 0.331 e. The zero-order valence-corrected chi connectivity index (χ0v) is 10.8. The van der Waals surface area contributed by atoms with Gasteiger partial charge >= 0.3 is 5.97 Å². The van der Waals surface area contributed by atoms with Gasteiger partial charge in [0.1, 0.15) is 0 Å². The van der Waals surface area contributed by atoms with Crippen LogP contribution >= 0.6 is 0 Å². The summed E-state index contributed by atoms with van der Waals surface area (Å²) in [6, 6.07) is 3.44. The molecule has 0 amide bonds. The summed E-state index contributed by atoms with van der Waals surface area (Å²) in [5, 5.41) is 0. The van der Waals surface area contributed by atoms with Crippen molar-refractivity contribution in [2.24, 2.45) is 0 Å². The fourth-order valence-electron chi connectivity index (χ4n) is 1.63. The SMILES string of the molecule is CCOC(=O)/C=C(\C)c1ccc(N)c(OC)c1N. The van der Waals surface area contributed by atoms with Crippen LogP contribution < -0.4 is 16.2 Å². The Kier molecular flexibility index (Phi) is 4.59. The molecule has 0 aliphatic rings. The van der Waals surface area contributed by atoms with Crippen molar-refractivity contribution in [1.29, 1.82) is 0 Å². The summed E-state index contributed by atoms with van der Waals surface area (Å²) in [5.41, 5.74) is 14.0. The van der Waals surface area contributed by atoms with Gasteiger partial charge in [0.05, 0.1) is 25.1 Å². The first kappa shape index (κ1) is 13.9. The minimum Gasteiger partial charge on any atom is -0.492 e. The van der Waals surface area contributed by atoms with E-state index in [9.17, 15) is 4.79 Å². The Balaban J connectivity index is 3.14. The van der Waals surface area contributed by atoms with E-state index in [2.05, 4.69) is 0 Å². The van der Waals surface area contributed by atoms with Gasteiger partial charge in [0.15, 0.2) is 5.75 Å². The molecule has 0 unspecified atom stereocenters. The van der Waals surface area contributed by atoms with Crippen molar-refractivity contribution in [2.75, 3.05) is 25.2 Å². The number of benzene rings is 1. The summed E-state index contributed by atoms with van der Waals surface area (Å²) in [5.74, 6) is 0.0225. The van der Waals surface area contributed by atoms with Gasteiger partial charge in [0.25, 0.3) is 0 Å². The summed E-state index contributed by atoms with van der Waals surface area (Å²) >= 11 is 0. The molecule has 0 heterocycles. The third-order valence-corrected chi connectivity index (χ3v) is 2.48. The van der Waals surface area contributed by atoms with Crippen LogP contribution in [0.15, 0.2) is 18.2 Å². The lowest BCUT2D eigenvalue weighted by Crippen LogP contribution is -2.03. The molecule has 0 radical (unpaired) electrons. The monoisotopic (exact) mass is 250 g/mol. The van der Waals surface area contributed by atoms with Gasteiger partial charge < -0.3 is 20.9 Å². The Morgan fingerprint density at radius 1 is 1.39 bits per heavy atom. The van der Waals surface area contributed by atoms with Gasteiger partial charge in [0, 0.05) is 11.6 Å². The molecule has 0 bridgehead atoms. The number of methoxy groups -OCH3 is 1. The Bertz CT molecular complexity index is 481. The molecule has 0 aliphatic heterocycles. The van der Waals surface area contributed by atoms with E-state index in [0.29, 0.717) is 34.9 Å². The van der Waals surface area contributed by atoms with Gasteiger partial charge in [-0.15, -0.1) is 0 Å². The van der Waals surface area contributed by atoms with Gasteiger partial charge in [-0.2, -0.15) is 0 Å². The molecule has 1 rings (SSSR count). The van der Waals surface area contributed by atoms with Crippen LogP contribution in [0.4, 0.5) is 11.4 Å². The molecule has 5 heteroatoms. The van der Waals surface area contributed by atoms with E-state index in [0.717, 1.165) is 0 Å². The van der Waals surface area contributed by atoms with Gasteiger partial charge in [0.2, 0.25) is 0 Å². The largest absolute Gasteiger partial charge is 0.492 e. The molecule has 1 aromatic rings. The number of hydrogen-bond acceptors (Lipinski definition) is 5. The highest BCUT2D eigenvalue weighted by molar-refractivity contribution is 5.94. The first-order valence-electron chi connectivity index (χ1n) is 5.58. The molecule has 5 nitrogen and oxygen atoms in total. The molecule has 0 aliphatic carbocycles. The topological polar surface area (TPSA) is 87.6 Å². The van der Waals surface area contributed by atoms with E-state index < -0.39 is 5.97 Å². The van der Waals surface area contributed by atoms with Gasteiger partial charge in [-0.1, -0.05) is 6.07 Å². The van der Waals surface area contributed by atoms with Crippen molar-refractivity contribution < 1.29 is 14.3 Å². The van der Waals surface area contributed by atoms with Gasteiger partial charge in [-0.05, 0) is 25.5 Å². The lowest BCUT2D eigenvalue weighted by Gasteiger charge is -2.12. The standard InChI is InChI=1S/C13H18N2O3/c1-4-18-11(16)7-8(2)9-5-6-10(14)13(17-3)12(9)15/h5-7H,4,14-15H2,1-3H3/b8-7+. The van der Waals surface area contributed by atoms with Crippen LogP contribution in [0.3, 0.4) is 0 Å². The third kappa shape index (κ3) is 2.94. The Labute approximate surface area is 106 Å². The van der Waals surface area contributed by atoms with Gasteiger partial charge in [-0.25, -0.2) is 4.79 Å². The quantitative estimate of drug-likeness (QED) is 0.483. The van der Waals surface area contributed by atoms with Crippen molar-refractivity contribution in [3.05, 3.63) is 23.8 Å². The number of rotatable bonds is 4. The zero-order valence-electron chi connectivity index (χ0n) is 10.8. The first-order valence-corrected chi connectivity index (χ1v) is 5.58. The molecule has 0 atom stereocenters. The summed E-state index contributed by atoms with van der Waals surface area (Å²) in [6.45, 7) is 3.86. The van der Waals surface area contributed by atoms with Crippen molar-refractivity contribution in [3.8, 4) is 5.75 Å². The van der Waals surface area contributed by atoms with E-state index in [4.69, 9.17) is 20.9 Å². The molecule has 0 spiro atoms. The minimum atomic E-state index is -0.398. The lowest BCUT2D eigenvalue weighted by atomic mass is 10.0. The van der Waals surface area contributed by atoms with Crippen LogP contribution in [0, 0.1) is 0 Å². The number of anilines is 2. The normalized spacial score (nSPS) is 11.2. The lowest BCUT2D eigenvalue weighted by molar-refractivity contribution is -0.137. The van der Waals surface area contributed by atoms with E-state index in [1.54, 1.807) is 26.0 Å². The highest BCUT2D eigenvalue weighted by Gasteiger charge is 2.11. The maximum absolute atomic E-state index is 11.4. The van der Waals surface area contributed by atoms with Crippen molar-refractivity contribution in [3.63, 3.8) is 0 Å². The predicted molar refractivity (Wildman–Crippen MR) is 72.1 cm³/mol. The second kappa shape index (κ2) is 5.95. The highest BCUT2D eigenvalue weighted by atomic mass is 16.5. The molecular formula is C13H18N2O3. The average molecular weight is 250 g/mol. The predicted octanol–water partition coefficient (Wildman–Crippen LogP) is 1.83. The maximum Gasteiger partial charge on any atom is 0.331 e. The molecule has 1 aromatic carbocycles. The summed E-state index contributed by atoms with van der Waals surface area (Å²) in [4.78, 5) is 11.4. The number of carbonyl (C=O) groups is 1. The van der Waals surface area contributed by atoms with Crippen LogP contribution in [-0.2, 0) is 9.53 Å². The number of nitrogen functional groups attached to an aromatic ring is 2. The van der Waals surface area contributed by atoms with Crippen molar-refractivity contribution in [2.45, 2.75) is 13.8 Å². The second-order valence-electron chi connectivity index (χ2n) is 3.73. The molecule has 0 saturated heterocycles. The average Bonchev–Trinajstić information content (AvgIpc) is 2.29. The van der Waals surface area contributed by atoms with Crippen molar-refractivity contribution >= 4 is 22.9 Å². The minimum absolute atomic E-state index is 0.336. The number of ether oxygens (including phenoxy) is 2. The Hall–Kier alpha value is -2.17. The number of esters is 1. The van der Waals surface area contributed by atoms with Crippen molar-refractivity contribution in [1.82, 2.24) is 0 Å². The molecule has 0 aromatic heterocycles. The van der Waals surface area contributed by atoms with Crippen LogP contribution in [0.25, 0.3) is 5.57 Å². The van der Waals surface area contributed by atoms with Crippen LogP contribution in [0.1, 0.15) is 19.4 Å². The fraction of sp³-hybridized carbons (Fsp3) is 0.308. The van der Waals surface area contributed by atoms with E-state index in [-0.39, 0.29) is 0 Å². The summed E-state index contributed by atoms with van der Waals surface area (Å²) in [6.07, 6.45) is 1.39. The molecular weight excluding hydrogens is 232 g/mol. The second-order valence-corrected chi connectivity index (χ2v) is 3.73. The summed E-state index contributed by atoms with van der Waals surface area (Å²) in [7, 11) is 1.50. The number of allylic oxidation sites excluding steroid dienone is 1. The molecule has 18 heavy (non-hydrogen) atoms. The van der Waals surface area contributed by atoms with E-state index >= 15 is 0 Å². The molecule has 4 N–H and O–H groups in total. The van der Waals surface area contributed by atoms with Crippen LogP contribution in [0.2, 0.25) is 0 Å². The fourth-order valence-corrected chi connectivity index (χ4v) is 1.63. The number of hydrogen-bond donors (Lipinski definition) is 2. The first-order chi connectivity index (χ1) is 8.51. The van der Waals surface area contributed by atoms with Crippen LogP contribution in [-0.4, -0.2) is 19.7 Å². The maximum atomic E-state index is 11.4. The van der Waals surface area contributed by atoms with Gasteiger partial charge in [-0.3, -0.25) is 0 Å². The molecule has 0 saturated carbocycles. The zero-order chi connectivity index (χ0) is 13.7. The Morgan fingerprint density at radius 2 is 2.06 bits per heavy atom. The van der Waals surface area contributed by atoms with Crippen LogP contribution in [0.5, 0.6) is 5.75 Å². The molecule has 0 fully saturated rings.